The van der Waals surface area contributed by atoms with Crippen LogP contribution in [0.25, 0.3) is 0 Å². The summed E-state index contributed by atoms with van der Waals surface area (Å²) < 4.78 is 0. The fourth-order valence-electron chi connectivity index (χ4n) is 2.58. The van der Waals surface area contributed by atoms with Gasteiger partial charge in [0.25, 0.3) is 5.91 Å². The van der Waals surface area contributed by atoms with E-state index in [4.69, 9.17) is 0 Å². The van der Waals surface area contributed by atoms with Crippen LogP contribution in [0.5, 0.6) is 0 Å². The summed E-state index contributed by atoms with van der Waals surface area (Å²) >= 11 is 0. The van der Waals surface area contributed by atoms with Crippen LogP contribution in [0.3, 0.4) is 0 Å². The predicted molar refractivity (Wildman–Crippen MR) is 84.2 cm³/mol. The van der Waals surface area contributed by atoms with Gasteiger partial charge in [-0.25, -0.2) is 0 Å². The Morgan fingerprint density at radius 1 is 1.29 bits per heavy atom. The maximum atomic E-state index is 12.1. The number of nitrogens with one attached hydrogen (secondary N) is 2. The van der Waals surface area contributed by atoms with E-state index in [0.717, 1.165) is 32.1 Å². The molecule has 1 aromatic rings. The molecule has 0 bridgehead atoms. The van der Waals surface area contributed by atoms with Crippen molar-refractivity contribution in [2.75, 3.05) is 5.32 Å². The molecule has 1 aliphatic rings. The molecule has 0 saturated heterocycles. The standard InChI is InChI=1S/C17H24N2O2/c1-3-12(2)18-17(21)14-9-6-10-15(11-14)19-16(20)13-7-4-5-8-13/h6,9-13H,3-5,7-8H2,1-2H3,(H,18,21)(H,19,20). The van der Waals surface area contributed by atoms with Crippen molar-refractivity contribution >= 4 is 17.5 Å². The molecule has 1 unspecified atom stereocenters. The van der Waals surface area contributed by atoms with Crippen LogP contribution in [-0.4, -0.2) is 17.9 Å². The minimum Gasteiger partial charge on any atom is -0.350 e. The summed E-state index contributed by atoms with van der Waals surface area (Å²) in [5, 5.41) is 5.86. The van der Waals surface area contributed by atoms with Crippen molar-refractivity contribution < 1.29 is 9.59 Å². The molecule has 1 aliphatic carbocycles. The molecule has 0 aliphatic heterocycles. The lowest BCUT2D eigenvalue weighted by molar-refractivity contribution is -0.119. The van der Waals surface area contributed by atoms with Crippen molar-refractivity contribution in [3.63, 3.8) is 0 Å². The van der Waals surface area contributed by atoms with Gasteiger partial charge in [0, 0.05) is 23.2 Å². The van der Waals surface area contributed by atoms with Gasteiger partial charge in [0.2, 0.25) is 5.91 Å². The molecule has 1 fully saturated rings. The first-order chi connectivity index (χ1) is 10.1. The number of anilines is 1. The van der Waals surface area contributed by atoms with Crippen molar-refractivity contribution in [2.24, 2.45) is 5.92 Å². The molecule has 4 nitrogen and oxygen atoms in total. The van der Waals surface area contributed by atoms with Crippen LogP contribution in [0.2, 0.25) is 0 Å². The van der Waals surface area contributed by atoms with Crippen molar-refractivity contribution in [3.05, 3.63) is 29.8 Å². The summed E-state index contributed by atoms with van der Waals surface area (Å²) in [7, 11) is 0. The number of carbonyl (C=O) groups is 2. The second-order valence-corrected chi connectivity index (χ2v) is 5.83. The van der Waals surface area contributed by atoms with Gasteiger partial charge < -0.3 is 10.6 Å². The molecule has 2 rings (SSSR count). The molecular formula is C17H24N2O2. The van der Waals surface area contributed by atoms with Crippen LogP contribution in [0.4, 0.5) is 5.69 Å². The quantitative estimate of drug-likeness (QED) is 0.873. The highest BCUT2D eigenvalue weighted by Crippen LogP contribution is 2.26. The molecule has 114 valence electrons. The Bertz CT molecular complexity index is 507. The Labute approximate surface area is 126 Å². The molecule has 1 aromatic carbocycles. The van der Waals surface area contributed by atoms with Gasteiger partial charge in [0.1, 0.15) is 0 Å². The summed E-state index contributed by atoms with van der Waals surface area (Å²) in [4.78, 5) is 24.2. The van der Waals surface area contributed by atoms with Crippen molar-refractivity contribution in [3.8, 4) is 0 Å². The lowest BCUT2D eigenvalue weighted by atomic mass is 10.1. The van der Waals surface area contributed by atoms with Gasteiger partial charge in [-0.1, -0.05) is 25.8 Å². The molecule has 1 saturated carbocycles. The number of hydrogen-bond donors (Lipinski definition) is 2. The van der Waals surface area contributed by atoms with E-state index in [1.54, 1.807) is 18.2 Å². The number of carbonyl (C=O) groups excluding carboxylic acids is 2. The van der Waals surface area contributed by atoms with E-state index in [1.165, 1.54) is 0 Å². The molecule has 1 atom stereocenters. The van der Waals surface area contributed by atoms with Gasteiger partial charge in [-0.05, 0) is 44.4 Å². The van der Waals surface area contributed by atoms with Gasteiger partial charge in [-0.2, -0.15) is 0 Å². The van der Waals surface area contributed by atoms with E-state index in [9.17, 15) is 9.59 Å². The Balaban J connectivity index is 2.00. The predicted octanol–water partition coefficient (Wildman–Crippen LogP) is 3.34. The van der Waals surface area contributed by atoms with E-state index in [2.05, 4.69) is 10.6 Å². The van der Waals surface area contributed by atoms with Gasteiger partial charge in [0.05, 0.1) is 0 Å². The van der Waals surface area contributed by atoms with Crippen LogP contribution in [0.1, 0.15) is 56.3 Å². The summed E-state index contributed by atoms with van der Waals surface area (Å²) in [5.41, 5.74) is 1.28. The molecule has 0 heterocycles. The van der Waals surface area contributed by atoms with Crippen LogP contribution >= 0.6 is 0 Å². The average molecular weight is 288 g/mol. The third kappa shape index (κ3) is 4.31. The van der Waals surface area contributed by atoms with Crippen LogP contribution in [-0.2, 0) is 4.79 Å². The molecule has 2 N–H and O–H groups in total. The normalized spacial score (nSPS) is 16.5. The van der Waals surface area contributed by atoms with Gasteiger partial charge in [0.15, 0.2) is 0 Å². The van der Waals surface area contributed by atoms with E-state index in [1.807, 2.05) is 19.9 Å². The average Bonchev–Trinajstić information content (AvgIpc) is 3.01. The van der Waals surface area contributed by atoms with Crippen LogP contribution < -0.4 is 10.6 Å². The zero-order valence-corrected chi connectivity index (χ0v) is 12.8. The summed E-state index contributed by atoms with van der Waals surface area (Å²) in [6, 6.07) is 7.28. The second-order valence-electron chi connectivity index (χ2n) is 5.83. The maximum absolute atomic E-state index is 12.1. The minimum absolute atomic E-state index is 0.0759. The number of hydrogen-bond acceptors (Lipinski definition) is 2. The van der Waals surface area contributed by atoms with Gasteiger partial charge in [-0.15, -0.1) is 0 Å². The highest BCUT2D eigenvalue weighted by molar-refractivity contribution is 5.97. The molecule has 0 radical (unpaired) electrons. The van der Waals surface area contributed by atoms with Crippen molar-refractivity contribution in [1.82, 2.24) is 5.32 Å². The third-order valence-corrected chi connectivity index (χ3v) is 4.11. The Morgan fingerprint density at radius 3 is 2.67 bits per heavy atom. The molecular weight excluding hydrogens is 264 g/mol. The van der Waals surface area contributed by atoms with Crippen molar-refractivity contribution in [2.45, 2.75) is 52.0 Å². The monoisotopic (exact) mass is 288 g/mol. The minimum atomic E-state index is -0.0960. The van der Waals surface area contributed by atoms with Gasteiger partial charge in [-0.3, -0.25) is 9.59 Å². The Morgan fingerprint density at radius 2 is 2.00 bits per heavy atom. The fraction of sp³-hybridized carbons (Fsp3) is 0.529. The van der Waals surface area contributed by atoms with Crippen molar-refractivity contribution in [1.29, 1.82) is 0 Å². The molecule has 4 heteroatoms. The Kier molecular flexibility index (Phi) is 5.37. The Hall–Kier alpha value is -1.84. The first-order valence-corrected chi connectivity index (χ1v) is 7.82. The van der Waals surface area contributed by atoms with E-state index >= 15 is 0 Å². The topological polar surface area (TPSA) is 58.2 Å². The number of benzene rings is 1. The van der Waals surface area contributed by atoms with E-state index in [0.29, 0.717) is 11.3 Å². The zero-order chi connectivity index (χ0) is 15.2. The number of amides is 2. The summed E-state index contributed by atoms with van der Waals surface area (Å²) in [6.07, 6.45) is 5.11. The SMILES string of the molecule is CCC(C)NC(=O)c1cccc(NC(=O)C2CCCC2)c1. The maximum Gasteiger partial charge on any atom is 0.251 e. The molecule has 2 amide bonds. The van der Waals surface area contributed by atoms with E-state index in [-0.39, 0.29) is 23.8 Å². The lowest BCUT2D eigenvalue weighted by Crippen LogP contribution is -2.32. The highest BCUT2D eigenvalue weighted by atomic mass is 16.2. The first-order valence-electron chi connectivity index (χ1n) is 7.82. The van der Waals surface area contributed by atoms with Gasteiger partial charge >= 0.3 is 0 Å². The first kappa shape index (κ1) is 15.5. The largest absolute Gasteiger partial charge is 0.350 e. The zero-order valence-electron chi connectivity index (χ0n) is 12.8. The number of rotatable bonds is 5. The smallest absolute Gasteiger partial charge is 0.251 e. The fourth-order valence-corrected chi connectivity index (χ4v) is 2.58. The highest BCUT2D eigenvalue weighted by Gasteiger charge is 2.22. The summed E-state index contributed by atoms with van der Waals surface area (Å²) in [6.45, 7) is 4.01. The van der Waals surface area contributed by atoms with Crippen LogP contribution in [0, 0.1) is 5.92 Å². The second kappa shape index (κ2) is 7.25. The third-order valence-electron chi connectivity index (χ3n) is 4.11. The lowest BCUT2D eigenvalue weighted by Gasteiger charge is -2.13. The molecule has 21 heavy (non-hydrogen) atoms. The van der Waals surface area contributed by atoms with Crippen LogP contribution in [0.15, 0.2) is 24.3 Å². The summed E-state index contributed by atoms with van der Waals surface area (Å²) in [5.74, 6) is 0.107. The van der Waals surface area contributed by atoms with E-state index < -0.39 is 0 Å². The molecule has 0 aromatic heterocycles. The molecule has 0 spiro atoms.